The van der Waals surface area contributed by atoms with Crippen LogP contribution in [0.2, 0.25) is 0 Å². The van der Waals surface area contributed by atoms with Crippen molar-refractivity contribution >= 4 is 11.9 Å². The molecular formula is C12H17N5O2. The summed E-state index contributed by atoms with van der Waals surface area (Å²) < 4.78 is 10.5. The Bertz CT molecular complexity index is 503. The van der Waals surface area contributed by atoms with Gasteiger partial charge in [0.1, 0.15) is 0 Å². The van der Waals surface area contributed by atoms with Crippen LogP contribution in [-0.4, -0.2) is 37.2 Å². The Morgan fingerprint density at radius 3 is 2.84 bits per heavy atom. The summed E-state index contributed by atoms with van der Waals surface area (Å²) in [6, 6.07) is 5.78. The number of nitrogens with two attached hydrogens (primary N) is 1. The molecule has 0 fully saturated rings. The molecule has 0 saturated carbocycles. The number of fused-ring (bicyclic) bond motifs is 1. The molecule has 5 N–H and O–H groups in total. The molecule has 0 amide bonds. The SMILES string of the molecule is CN(C(=N)N)C(=N)NCCc1ccc2c(c1)OCO2. The van der Waals surface area contributed by atoms with Crippen LogP contribution in [0.3, 0.4) is 0 Å². The van der Waals surface area contributed by atoms with Crippen LogP contribution in [0.5, 0.6) is 11.5 Å². The largest absolute Gasteiger partial charge is 0.454 e. The first-order chi connectivity index (χ1) is 9.08. The smallest absolute Gasteiger partial charge is 0.231 e. The van der Waals surface area contributed by atoms with E-state index in [4.69, 9.17) is 26.0 Å². The van der Waals surface area contributed by atoms with Crippen LogP contribution in [-0.2, 0) is 6.42 Å². The third-order valence-electron chi connectivity index (χ3n) is 2.84. The molecule has 102 valence electrons. The Morgan fingerprint density at radius 1 is 1.37 bits per heavy atom. The van der Waals surface area contributed by atoms with E-state index in [-0.39, 0.29) is 18.7 Å². The Balaban J connectivity index is 1.83. The fourth-order valence-corrected chi connectivity index (χ4v) is 1.66. The van der Waals surface area contributed by atoms with Crippen LogP contribution in [0.4, 0.5) is 0 Å². The van der Waals surface area contributed by atoms with Gasteiger partial charge in [0, 0.05) is 13.6 Å². The van der Waals surface area contributed by atoms with Gasteiger partial charge < -0.3 is 20.5 Å². The van der Waals surface area contributed by atoms with E-state index in [9.17, 15) is 0 Å². The van der Waals surface area contributed by atoms with E-state index >= 15 is 0 Å². The molecule has 0 radical (unpaired) electrons. The van der Waals surface area contributed by atoms with Gasteiger partial charge in [-0.05, 0) is 24.1 Å². The summed E-state index contributed by atoms with van der Waals surface area (Å²) in [6.07, 6.45) is 0.741. The zero-order valence-electron chi connectivity index (χ0n) is 10.7. The first-order valence-electron chi connectivity index (χ1n) is 5.86. The molecule has 0 atom stereocenters. The molecule has 1 aliphatic rings. The monoisotopic (exact) mass is 263 g/mol. The lowest BCUT2D eigenvalue weighted by Crippen LogP contribution is -2.45. The van der Waals surface area contributed by atoms with Gasteiger partial charge in [0.25, 0.3) is 0 Å². The summed E-state index contributed by atoms with van der Waals surface area (Å²) in [5, 5.41) is 17.8. The average Bonchev–Trinajstić information content (AvgIpc) is 2.84. The second-order valence-corrected chi connectivity index (χ2v) is 4.16. The van der Waals surface area contributed by atoms with Crippen molar-refractivity contribution in [2.45, 2.75) is 6.42 Å². The predicted octanol–water partition coefficient (Wildman–Crippen LogP) is 0.307. The second kappa shape index (κ2) is 5.47. The summed E-state index contributed by atoms with van der Waals surface area (Å²) in [4.78, 5) is 1.26. The van der Waals surface area contributed by atoms with Crippen LogP contribution in [0.15, 0.2) is 18.2 Å². The normalized spacial score (nSPS) is 12.1. The first kappa shape index (κ1) is 13.0. The lowest BCUT2D eigenvalue weighted by molar-refractivity contribution is 0.174. The maximum atomic E-state index is 7.66. The number of guanidine groups is 2. The Hall–Kier alpha value is -2.44. The molecule has 0 unspecified atom stereocenters. The van der Waals surface area contributed by atoms with E-state index in [0.717, 1.165) is 23.5 Å². The van der Waals surface area contributed by atoms with Crippen LogP contribution in [0.25, 0.3) is 0 Å². The Kier molecular flexibility index (Phi) is 3.74. The van der Waals surface area contributed by atoms with Gasteiger partial charge in [0.2, 0.25) is 6.79 Å². The van der Waals surface area contributed by atoms with Crippen LogP contribution in [0.1, 0.15) is 5.56 Å². The van der Waals surface area contributed by atoms with Crippen LogP contribution < -0.4 is 20.5 Å². The first-order valence-corrected chi connectivity index (χ1v) is 5.86. The van der Waals surface area contributed by atoms with E-state index in [1.54, 1.807) is 7.05 Å². The van der Waals surface area contributed by atoms with Crippen molar-refractivity contribution in [3.05, 3.63) is 23.8 Å². The minimum absolute atomic E-state index is 0.105. The Labute approximate surface area is 111 Å². The van der Waals surface area contributed by atoms with Gasteiger partial charge in [-0.3, -0.25) is 15.7 Å². The predicted molar refractivity (Wildman–Crippen MR) is 71.7 cm³/mol. The molecule has 0 saturated heterocycles. The van der Waals surface area contributed by atoms with Gasteiger partial charge in [0.05, 0.1) is 0 Å². The van der Waals surface area contributed by atoms with Gasteiger partial charge >= 0.3 is 0 Å². The van der Waals surface area contributed by atoms with Crippen molar-refractivity contribution in [3.63, 3.8) is 0 Å². The van der Waals surface area contributed by atoms with E-state index in [0.29, 0.717) is 6.54 Å². The third-order valence-corrected chi connectivity index (χ3v) is 2.84. The maximum Gasteiger partial charge on any atom is 0.231 e. The topological polar surface area (TPSA) is 107 Å². The molecule has 0 aliphatic carbocycles. The molecular weight excluding hydrogens is 246 g/mol. The minimum Gasteiger partial charge on any atom is -0.454 e. The van der Waals surface area contributed by atoms with Gasteiger partial charge in [-0.25, -0.2) is 0 Å². The quantitative estimate of drug-likeness (QED) is 0.463. The van der Waals surface area contributed by atoms with Gasteiger partial charge in [0.15, 0.2) is 23.4 Å². The molecule has 1 aliphatic heterocycles. The Morgan fingerprint density at radius 2 is 2.11 bits per heavy atom. The maximum absolute atomic E-state index is 7.66. The number of nitrogens with one attached hydrogen (secondary N) is 3. The zero-order chi connectivity index (χ0) is 13.8. The number of rotatable bonds is 3. The zero-order valence-corrected chi connectivity index (χ0v) is 10.7. The van der Waals surface area contributed by atoms with Crippen molar-refractivity contribution in [1.29, 1.82) is 10.8 Å². The fraction of sp³-hybridized carbons (Fsp3) is 0.333. The molecule has 1 heterocycles. The number of benzene rings is 1. The standard InChI is InChI=1S/C12H17N5O2/c1-17(11(13)14)12(15)16-5-4-8-2-3-9-10(6-8)19-7-18-9/h2-3,6H,4-5,7H2,1H3,(H3,13,14)(H2,15,16). The van der Waals surface area contributed by atoms with Crippen molar-refractivity contribution in [3.8, 4) is 11.5 Å². The molecule has 19 heavy (non-hydrogen) atoms. The molecule has 0 bridgehead atoms. The highest BCUT2D eigenvalue weighted by Gasteiger charge is 2.13. The lowest BCUT2D eigenvalue weighted by atomic mass is 10.1. The van der Waals surface area contributed by atoms with Crippen LogP contribution in [0, 0.1) is 10.8 Å². The van der Waals surface area contributed by atoms with Crippen molar-refractivity contribution < 1.29 is 9.47 Å². The lowest BCUT2D eigenvalue weighted by Gasteiger charge is -2.18. The summed E-state index contributed by atoms with van der Waals surface area (Å²) in [7, 11) is 1.57. The van der Waals surface area contributed by atoms with Crippen molar-refractivity contribution in [2.75, 3.05) is 20.4 Å². The van der Waals surface area contributed by atoms with E-state index < -0.39 is 0 Å². The molecule has 1 aromatic carbocycles. The summed E-state index contributed by atoms with van der Waals surface area (Å²) in [5.74, 6) is 1.46. The third kappa shape index (κ3) is 3.06. The highest BCUT2D eigenvalue weighted by Crippen LogP contribution is 2.32. The number of ether oxygens (including phenoxy) is 2. The average molecular weight is 263 g/mol. The molecule has 0 spiro atoms. The molecule has 1 aromatic rings. The molecule has 7 nitrogen and oxygen atoms in total. The summed E-state index contributed by atoms with van der Waals surface area (Å²) in [5.41, 5.74) is 6.37. The van der Waals surface area contributed by atoms with Crippen molar-refractivity contribution in [1.82, 2.24) is 10.2 Å². The highest BCUT2D eigenvalue weighted by molar-refractivity contribution is 5.94. The van der Waals surface area contributed by atoms with Gasteiger partial charge in [-0.15, -0.1) is 0 Å². The van der Waals surface area contributed by atoms with E-state index in [1.807, 2.05) is 18.2 Å². The second-order valence-electron chi connectivity index (χ2n) is 4.16. The molecule has 2 rings (SSSR count). The van der Waals surface area contributed by atoms with Crippen LogP contribution >= 0.6 is 0 Å². The number of hydrogen-bond acceptors (Lipinski definition) is 4. The minimum atomic E-state index is -0.166. The summed E-state index contributed by atoms with van der Waals surface area (Å²) >= 11 is 0. The van der Waals surface area contributed by atoms with E-state index in [2.05, 4.69) is 5.32 Å². The molecule has 7 heteroatoms. The summed E-state index contributed by atoms with van der Waals surface area (Å²) in [6.45, 7) is 0.848. The number of hydrogen-bond donors (Lipinski definition) is 4. The van der Waals surface area contributed by atoms with Gasteiger partial charge in [-0.2, -0.15) is 0 Å². The highest BCUT2D eigenvalue weighted by atomic mass is 16.7. The molecule has 0 aromatic heterocycles. The number of nitrogens with zero attached hydrogens (tertiary/aromatic N) is 1. The van der Waals surface area contributed by atoms with E-state index in [1.165, 1.54) is 4.90 Å². The van der Waals surface area contributed by atoms with Crippen molar-refractivity contribution in [2.24, 2.45) is 5.73 Å². The fourth-order valence-electron chi connectivity index (χ4n) is 1.66. The van der Waals surface area contributed by atoms with Gasteiger partial charge in [-0.1, -0.05) is 6.07 Å².